The fourth-order valence-electron chi connectivity index (χ4n) is 0.717. The van der Waals surface area contributed by atoms with E-state index in [0.29, 0.717) is 12.1 Å². The van der Waals surface area contributed by atoms with E-state index in [9.17, 15) is 13.2 Å². The summed E-state index contributed by atoms with van der Waals surface area (Å²) in [6, 6.07) is 1.12. The van der Waals surface area contributed by atoms with Crippen LogP contribution in [0.4, 0.5) is 13.2 Å². The van der Waals surface area contributed by atoms with Gasteiger partial charge in [-0.1, -0.05) is 0 Å². The predicted molar refractivity (Wildman–Crippen MR) is 38.1 cm³/mol. The van der Waals surface area contributed by atoms with Crippen LogP contribution in [-0.4, -0.2) is 6.21 Å². The molecular weight excluding hydrogens is 169 g/mol. The van der Waals surface area contributed by atoms with Gasteiger partial charge in [0.1, 0.15) is 5.82 Å². The van der Waals surface area contributed by atoms with Gasteiger partial charge >= 0.3 is 0 Å². The molecule has 0 bridgehead atoms. The molecule has 64 valence electrons. The Kier molecular flexibility index (Phi) is 2.32. The molecule has 0 saturated carbocycles. The number of nitrogens with two attached hydrogens (primary N) is 1. The minimum Gasteiger partial charge on any atom is -0.323 e. The van der Waals surface area contributed by atoms with E-state index in [1.165, 1.54) is 0 Å². The van der Waals surface area contributed by atoms with E-state index in [1.807, 2.05) is 0 Å². The highest BCUT2D eigenvalue weighted by molar-refractivity contribution is 5.79. The zero-order chi connectivity index (χ0) is 9.14. The molecule has 0 fully saturated rings. The number of rotatable bonds is 1. The number of benzene rings is 1. The van der Waals surface area contributed by atoms with Gasteiger partial charge in [0.15, 0.2) is 11.6 Å². The normalized spacial score (nSPS) is 10.9. The average Bonchev–Trinajstić information content (AvgIpc) is 2.01. The van der Waals surface area contributed by atoms with Crippen molar-refractivity contribution in [1.29, 1.82) is 0 Å². The van der Waals surface area contributed by atoms with Gasteiger partial charge in [-0.05, 0) is 6.07 Å². The molecule has 1 rings (SSSR count). The van der Waals surface area contributed by atoms with E-state index in [4.69, 9.17) is 5.84 Å². The molecule has 12 heavy (non-hydrogen) atoms. The van der Waals surface area contributed by atoms with Crippen LogP contribution in [0.25, 0.3) is 0 Å². The maximum Gasteiger partial charge on any atom is 0.161 e. The quantitative estimate of drug-likeness (QED) is 0.297. The van der Waals surface area contributed by atoms with Crippen molar-refractivity contribution in [3.63, 3.8) is 0 Å². The van der Waals surface area contributed by atoms with Gasteiger partial charge in [-0.15, -0.1) is 0 Å². The summed E-state index contributed by atoms with van der Waals surface area (Å²) < 4.78 is 37.4. The van der Waals surface area contributed by atoms with Crippen LogP contribution in [0.5, 0.6) is 0 Å². The van der Waals surface area contributed by atoms with Crippen LogP contribution in [0.15, 0.2) is 17.2 Å². The molecule has 0 aliphatic carbocycles. The molecule has 0 heterocycles. The number of nitrogens with zero attached hydrogens (tertiary/aromatic N) is 1. The van der Waals surface area contributed by atoms with Crippen molar-refractivity contribution in [3.05, 3.63) is 35.1 Å². The summed E-state index contributed by atoms with van der Waals surface area (Å²) in [6.45, 7) is 0. The van der Waals surface area contributed by atoms with Gasteiger partial charge in [0.2, 0.25) is 0 Å². The van der Waals surface area contributed by atoms with Crippen molar-refractivity contribution < 1.29 is 13.2 Å². The zero-order valence-corrected chi connectivity index (χ0v) is 5.89. The van der Waals surface area contributed by atoms with Gasteiger partial charge in [-0.25, -0.2) is 13.2 Å². The molecule has 0 saturated heterocycles. The van der Waals surface area contributed by atoms with Gasteiger partial charge in [-0.2, -0.15) is 5.10 Å². The summed E-state index contributed by atoms with van der Waals surface area (Å²) in [7, 11) is 0. The average molecular weight is 174 g/mol. The first-order valence-corrected chi connectivity index (χ1v) is 3.03. The number of hydrazone groups is 1. The maximum atomic E-state index is 12.7. The van der Waals surface area contributed by atoms with Crippen molar-refractivity contribution >= 4 is 6.21 Å². The van der Waals surface area contributed by atoms with Gasteiger partial charge in [-0.3, -0.25) is 0 Å². The van der Waals surface area contributed by atoms with Gasteiger partial charge in [0, 0.05) is 11.6 Å². The van der Waals surface area contributed by atoms with Crippen LogP contribution in [-0.2, 0) is 0 Å². The molecule has 1 aromatic carbocycles. The molecule has 0 amide bonds. The first-order chi connectivity index (χ1) is 5.65. The van der Waals surface area contributed by atoms with Gasteiger partial charge in [0.25, 0.3) is 0 Å². The zero-order valence-electron chi connectivity index (χ0n) is 5.89. The Morgan fingerprint density at radius 3 is 2.25 bits per heavy atom. The van der Waals surface area contributed by atoms with Crippen molar-refractivity contribution in [2.75, 3.05) is 0 Å². The third-order valence-corrected chi connectivity index (χ3v) is 1.25. The van der Waals surface area contributed by atoms with Crippen LogP contribution >= 0.6 is 0 Å². The van der Waals surface area contributed by atoms with Crippen LogP contribution < -0.4 is 5.84 Å². The summed E-state index contributed by atoms with van der Waals surface area (Å²) in [5.41, 5.74) is -0.184. The largest absolute Gasteiger partial charge is 0.323 e. The molecule has 5 heteroatoms. The van der Waals surface area contributed by atoms with E-state index < -0.39 is 17.5 Å². The molecule has 0 spiro atoms. The molecule has 2 nitrogen and oxygen atoms in total. The molecule has 1 aromatic rings. The van der Waals surface area contributed by atoms with Crippen LogP contribution in [0.2, 0.25) is 0 Å². The summed E-state index contributed by atoms with van der Waals surface area (Å²) >= 11 is 0. The Labute approximate surface area is 66.5 Å². The van der Waals surface area contributed by atoms with Crippen LogP contribution in [0.3, 0.4) is 0 Å². The van der Waals surface area contributed by atoms with Crippen molar-refractivity contribution in [2.45, 2.75) is 0 Å². The monoisotopic (exact) mass is 174 g/mol. The second-order valence-corrected chi connectivity index (χ2v) is 2.07. The summed E-state index contributed by atoms with van der Waals surface area (Å²) in [6.07, 6.45) is 0.901. The highest BCUT2D eigenvalue weighted by Gasteiger charge is 2.07. The first kappa shape index (κ1) is 8.58. The van der Waals surface area contributed by atoms with Gasteiger partial charge < -0.3 is 5.84 Å². The third kappa shape index (κ3) is 1.55. The molecule has 0 unspecified atom stereocenters. The molecular formula is C7H5F3N2. The molecule has 0 atom stereocenters. The minimum atomic E-state index is -1.23. The lowest BCUT2D eigenvalue weighted by Gasteiger charge is -1.96. The van der Waals surface area contributed by atoms with E-state index in [1.54, 1.807) is 0 Å². The molecule has 0 aliphatic rings. The van der Waals surface area contributed by atoms with E-state index in [2.05, 4.69) is 5.10 Å². The number of halogens is 3. The Balaban J connectivity index is 3.23. The molecule has 0 aliphatic heterocycles. The van der Waals surface area contributed by atoms with Crippen molar-refractivity contribution in [3.8, 4) is 0 Å². The Bertz CT molecular complexity index is 323. The topological polar surface area (TPSA) is 38.4 Å². The lowest BCUT2D eigenvalue weighted by atomic mass is 10.2. The lowest BCUT2D eigenvalue weighted by Crippen LogP contribution is -1.95. The van der Waals surface area contributed by atoms with Crippen LogP contribution in [0, 0.1) is 17.5 Å². The number of hydrogen-bond donors (Lipinski definition) is 1. The predicted octanol–water partition coefficient (Wildman–Crippen LogP) is 1.40. The third-order valence-electron chi connectivity index (χ3n) is 1.25. The number of hydrogen-bond acceptors (Lipinski definition) is 2. The SMILES string of the molecule is NN=Cc1cc(F)c(F)cc1F. The van der Waals surface area contributed by atoms with E-state index >= 15 is 0 Å². The van der Waals surface area contributed by atoms with Gasteiger partial charge in [0.05, 0.1) is 6.21 Å². The first-order valence-electron chi connectivity index (χ1n) is 3.03. The molecule has 0 aromatic heterocycles. The standard InChI is InChI=1S/C7H5F3N2/c8-5-2-7(10)6(9)1-4(5)3-12-11/h1-3H,11H2. The van der Waals surface area contributed by atoms with Crippen molar-refractivity contribution in [1.82, 2.24) is 0 Å². The highest BCUT2D eigenvalue weighted by Crippen LogP contribution is 2.11. The van der Waals surface area contributed by atoms with Crippen LogP contribution in [0.1, 0.15) is 5.56 Å². The summed E-state index contributed by atoms with van der Waals surface area (Å²) in [5.74, 6) is 1.44. The second kappa shape index (κ2) is 3.25. The van der Waals surface area contributed by atoms with E-state index in [-0.39, 0.29) is 5.56 Å². The second-order valence-electron chi connectivity index (χ2n) is 2.07. The fraction of sp³-hybridized carbons (Fsp3) is 0. The summed E-state index contributed by atoms with van der Waals surface area (Å²) in [5, 5.41) is 2.98. The Morgan fingerprint density at radius 2 is 1.67 bits per heavy atom. The Hall–Kier alpha value is -1.52. The molecule has 2 N–H and O–H groups in total. The summed E-state index contributed by atoms with van der Waals surface area (Å²) in [4.78, 5) is 0. The smallest absolute Gasteiger partial charge is 0.161 e. The maximum absolute atomic E-state index is 12.7. The molecule has 0 radical (unpaired) electrons. The lowest BCUT2D eigenvalue weighted by molar-refractivity contribution is 0.494. The minimum absolute atomic E-state index is 0.184. The van der Waals surface area contributed by atoms with Crippen molar-refractivity contribution in [2.24, 2.45) is 10.9 Å². The fourth-order valence-corrected chi connectivity index (χ4v) is 0.717. The highest BCUT2D eigenvalue weighted by atomic mass is 19.2. The Morgan fingerprint density at radius 1 is 1.08 bits per heavy atom. The van der Waals surface area contributed by atoms with E-state index in [0.717, 1.165) is 6.21 Å².